The number of hydrogen-bond acceptors (Lipinski definition) is 5. The van der Waals surface area contributed by atoms with Crippen LogP contribution in [0.4, 0.5) is 0 Å². The Balaban J connectivity index is 1.19. The molecule has 0 aromatic carbocycles. The van der Waals surface area contributed by atoms with E-state index >= 15 is 0 Å². The largest absolute Gasteiger partial charge is 0.378 e. The van der Waals surface area contributed by atoms with Crippen LogP contribution in [-0.4, -0.2) is 83.0 Å². The van der Waals surface area contributed by atoms with Gasteiger partial charge in [-0.1, -0.05) is 0 Å². The van der Waals surface area contributed by atoms with Crippen LogP contribution in [0.15, 0.2) is 12.4 Å². The molecule has 4 rings (SSSR count). The van der Waals surface area contributed by atoms with Gasteiger partial charge in [0, 0.05) is 38.7 Å². The van der Waals surface area contributed by atoms with Crippen LogP contribution in [0.2, 0.25) is 0 Å². The van der Waals surface area contributed by atoms with Crippen LogP contribution in [0.1, 0.15) is 24.8 Å². The third-order valence-electron chi connectivity index (χ3n) is 5.74. The zero-order valence-corrected chi connectivity index (χ0v) is 15.9. The minimum atomic E-state index is -0.228. The monoisotopic (exact) mass is 376 g/mol. The molecule has 3 aliphatic heterocycles. The van der Waals surface area contributed by atoms with Crippen molar-refractivity contribution in [1.29, 1.82) is 0 Å². The maximum atomic E-state index is 12.4. The minimum Gasteiger partial charge on any atom is -0.378 e. The van der Waals surface area contributed by atoms with Crippen molar-refractivity contribution in [2.75, 3.05) is 46.0 Å². The van der Waals surface area contributed by atoms with Crippen molar-refractivity contribution in [3.63, 3.8) is 0 Å². The number of morpholine rings is 1. The van der Waals surface area contributed by atoms with E-state index in [0.29, 0.717) is 65.4 Å². The highest BCUT2D eigenvalue weighted by atomic mass is 16.5. The number of nitrogens with zero attached hydrogens (tertiary/aromatic N) is 4. The van der Waals surface area contributed by atoms with Gasteiger partial charge < -0.3 is 19.3 Å². The average molecular weight is 376 g/mol. The van der Waals surface area contributed by atoms with E-state index < -0.39 is 0 Å². The first-order valence-electron chi connectivity index (χ1n) is 9.79. The van der Waals surface area contributed by atoms with E-state index in [0.717, 1.165) is 12.0 Å². The standard InChI is InChI=1S/C19H28N4O4/c1-15-10-20-23(11-15)3-2-17(24)22-13-19(14-22)9-16(12-27-19)8-18(25)21-4-6-26-7-5-21/h10-11,16H,2-9,12-14H2,1H3. The summed E-state index contributed by atoms with van der Waals surface area (Å²) in [6.45, 7) is 7.14. The molecule has 3 aliphatic rings. The Morgan fingerprint density at radius 2 is 2.00 bits per heavy atom. The second kappa shape index (κ2) is 7.59. The Hall–Kier alpha value is -1.93. The fourth-order valence-electron chi connectivity index (χ4n) is 4.26. The molecule has 1 atom stereocenters. The average Bonchev–Trinajstić information content (AvgIpc) is 3.25. The van der Waals surface area contributed by atoms with Crippen molar-refractivity contribution in [3.8, 4) is 0 Å². The Morgan fingerprint density at radius 3 is 2.70 bits per heavy atom. The summed E-state index contributed by atoms with van der Waals surface area (Å²) in [5.74, 6) is 0.598. The molecule has 0 radical (unpaired) electrons. The van der Waals surface area contributed by atoms with Crippen molar-refractivity contribution in [1.82, 2.24) is 19.6 Å². The van der Waals surface area contributed by atoms with Crippen molar-refractivity contribution < 1.29 is 19.1 Å². The molecule has 0 N–H and O–H groups in total. The first kappa shape index (κ1) is 18.4. The van der Waals surface area contributed by atoms with Gasteiger partial charge in [-0.15, -0.1) is 0 Å². The molecular formula is C19H28N4O4. The number of aromatic nitrogens is 2. The summed E-state index contributed by atoms with van der Waals surface area (Å²) < 4.78 is 13.1. The lowest BCUT2D eigenvalue weighted by atomic mass is 9.85. The Bertz CT molecular complexity index is 692. The van der Waals surface area contributed by atoms with Crippen LogP contribution < -0.4 is 0 Å². The molecule has 3 saturated heterocycles. The lowest BCUT2D eigenvalue weighted by Gasteiger charge is -2.47. The van der Waals surface area contributed by atoms with Crippen molar-refractivity contribution in [2.24, 2.45) is 5.92 Å². The Morgan fingerprint density at radius 1 is 1.22 bits per heavy atom. The number of carbonyl (C=O) groups excluding carboxylic acids is 2. The number of rotatable bonds is 5. The predicted molar refractivity (Wildman–Crippen MR) is 97.0 cm³/mol. The van der Waals surface area contributed by atoms with Gasteiger partial charge >= 0.3 is 0 Å². The molecule has 148 valence electrons. The molecule has 2 amide bonds. The summed E-state index contributed by atoms with van der Waals surface area (Å²) in [6, 6.07) is 0. The van der Waals surface area contributed by atoms with E-state index in [2.05, 4.69) is 5.10 Å². The molecule has 0 bridgehead atoms. The smallest absolute Gasteiger partial charge is 0.224 e. The molecule has 3 fully saturated rings. The van der Waals surface area contributed by atoms with Gasteiger partial charge in [-0.05, 0) is 24.8 Å². The predicted octanol–water partition coefficient (Wildman–Crippen LogP) is 0.448. The van der Waals surface area contributed by atoms with Crippen LogP contribution in [-0.2, 0) is 25.6 Å². The number of aryl methyl sites for hydroxylation is 2. The fourth-order valence-corrected chi connectivity index (χ4v) is 4.26. The van der Waals surface area contributed by atoms with E-state index in [4.69, 9.17) is 9.47 Å². The molecule has 1 spiro atoms. The van der Waals surface area contributed by atoms with Gasteiger partial charge in [0.25, 0.3) is 0 Å². The molecule has 1 unspecified atom stereocenters. The van der Waals surface area contributed by atoms with Crippen molar-refractivity contribution in [2.45, 2.75) is 38.3 Å². The number of amides is 2. The van der Waals surface area contributed by atoms with Crippen LogP contribution in [0, 0.1) is 12.8 Å². The SMILES string of the molecule is Cc1cnn(CCC(=O)N2CC3(CC(CC(=O)N4CCOCC4)CO3)C2)c1. The first-order chi connectivity index (χ1) is 13.0. The molecule has 0 aliphatic carbocycles. The summed E-state index contributed by atoms with van der Waals surface area (Å²) >= 11 is 0. The lowest BCUT2D eigenvalue weighted by molar-refractivity contribution is -0.158. The number of likely N-dealkylation sites (tertiary alicyclic amines) is 1. The van der Waals surface area contributed by atoms with E-state index in [1.807, 2.05) is 27.6 Å². The molecule has 8 nitrogen and oxygen atoms in total. The maximum Gasteiger partial charge on any atom is 0.224 e. The zero-order valence-electron chi connectivity index (χ0n) is 15.9. The van der Waals surface area contributed by atoms with E-state index in [1.165, 1.54) is 0 Å². The summed E-state index contributed by atoms with van der Waals surface area (Å²) in [5.41, 5.74) is 0.871. The number of ether oxygens (including phenoxy) is 2. The molecule has 8 heteroatoms. The van der Waals surface area contributed by atoms with E-state index in [-0.39, 0.29) is 23.3 Å². The van der Waals surface area contributed by atoms with Crippen LogP contribution in [0.25, 0.3) is 0 Å². The summed E-state index contributed by atoms with van der Waals surface area (Å²) in [6.07, 6.45) is 5.60. The van der Waals surface area contributed by atoms with Crippen LogP contribution in [0.5, 0.6) is 0 Å². The van der Waals surface area contributed by atoms with Crippen LogP contribution >= 0.6 is 0 Å². The quantitative estimate of drug-likeness (QED) is 0.746. The third kappa shape index (κ3) is 4.16. The van der Waals surface area contributed by atoms with Gasteiger partial charge in [-0.25, -0.2) is 0 Å². The van der Waals surface area contributed by atoms with Gasteiger partial charge in [0.2, 0.25) is 11.8 Å². The fraction of sp³-hybridized carbons (Fsp3) is 0.737. The zero-order chi connectivity index (χ0) is 18.9. The second-order valence-corrected chi connectivity index (χ2v) is 8.04. The molecule has 1 aromatic rings. The highest BCUT2D eigenvalue weighted by molar-refractivity contribution is 5.78. The van der Waals surface area contributed by atoms with Gasteiger partial charge in [0.05, 0.1) is 39.1 Å². The minimum absolute atomic E-state index is 0.144. The van der Waals surface area contributed by atoms with Gasteiger partial charge in [-0.3, -0.25) is 14.3 Å². The third-order valence-corrected chi connectivity index (χ3v) is 5.74. The topological polar surface area (TPSA) is 76.9 Å². The molecule has 0 saturated carbocycles. The highest BCUT2D eigenvalue weighted by Crippen LogP contribution is 2.39. The van der Waals surface area contributed by atoms with Gasteiger partial charge in [0.1, 0.15) is 5.60 Å². The molecule has 27 heavy (non-hydrogen) atoms. The van der Waals surface area contributed by atoms with Gasteiger partial charge in [-0.2, -0.15) is 5.10 Å². The highest BCUT2D eigenvalue weighted by Gasteiger charge is 2.51. The summed E-state index contributed by atoms with van der Waals surface area (Å²) in [5, 5.41) is 4.22. The lowest BCUT2D eigenvalue weighted by Crippen LogP contribution is -2.63. The van der Waals surface area contributed by atoms with E-state index in [1.54, 1.807) is 6.20 Å². The second-order valence-electron chi connectivity index (χ2n) is 8.04. The van der Waals surface area contributed by atoms with Crippen molar-refractivity contribution in [3.05, 3.63) is 18.0 Å². The summed E-state index contributed by atoms with van der Waals surface area (Å²) in [7, 11) is 0. The van der Waals surface area contributed by atoms with E-state index in [9.17, 15) is 9.59 Å². The molecule has 4 heterocycles. The Kier molecular flexibility index (Phi) is 5.19. The molecule has 1 aromatic heterocycles. The van der Waals surface area contributed by atoms with Crippen LogP contribution in [0.3, 0.4) is 0 Å². The molecular weight excluding hydrogens is 348 g/mol. The summed E-state index contributed by atoms with van der Waals surface area (Å²) in [4.78, 5) is 28.5. The first-order valence-corrected chi connectivity index (χ1v) is 9.79. The number of hydrogen-bond donors (Lipinski definition) is 0. The Labute approximate surface area is 159 Å². The van der Waals surface area contributed by atoms with Crippen molar-refractivity contribution >= 4 is 11.8 Å². The maximum absolute atomic E-state index is 12.4. The number of carbonyl (C=O) groups is 2. The normalized spacial score (nSPS) is 24.3. The van der Waals surface area contributed by atoms with Gasteiger partial charge in [0.15, 0.2) is 0 Å².